The first-order valence-corrected chi connectivity index (χ1v) is 6.85. The van der Waals surface area contributed by atoms with Crippen molar-refractivity contribution in [2.75, 3.05) is 5.32 Å². The van der Waals surface area contributed by atoms with Gasteiger partial charge in [0, 0.05) is 17.4 Å². The zero-order valence-electron chi connectivity index (χ0n) is 12.0. The van der Waals surface area contributed by atoms with Gasteiger partial charge in [-0.3, -0.25) is 15.8 Å². The van der Waals surface area contributed by atoms with Gasteiger partial charge in [0.2, 0.25) is 0 Å². The molecule has 0 unspecified atom stereocenters. The third-order valence-electron chi connectivity index (χ3n) is 3.14. The number of hydrogen-bond acceptors (Lipinski definition) is 4. The number of benzene rings is 1. The number of aryl methyl sites for hydroxylation is 1. The molecule has 5 heteroatoms. The van der Waals surface area contributed by atoms with Crippen LogP contribution in [-0.4, -0.2) is 17.2 Å². The van der Waals surface area contributed by atoms with Gasteiger partial charge in [0.25, 0.3) is 0 Å². The third-order valence-corrected chi connectivity index (χ3v) is 3.14. The van der Waals surface area contributed by atoms with Crippen LogP contribution in [0.15, 0.2) is 42.6 Å². The number of pyridine rings is 1. The fraction of sp³-hybridized carbons (Fsp3) is 0.188. The molecule has 0 saturated heterocycles. The topological polar surface area (TPSA) is 84.7 Å². The second-order valence-electron chi connectivity index (χ2n) is 4.61. The van der Waals surface area contributed by atoms with E-state index in [0.717, 1.165) is 29.7 Å². The summed E-state index contributed by atoms with van der Waals surface area (Å²) < 4.78 is 0. The van der Waals surface area contributed by atoms with Gasteiger partial charge in [-0.2, -0.15) is 0 Å². The second kappa shape index (κ2) is 7.19. The van der Waals surface area contributed by atoms with Gasteiger partial charge in [-0.05, 0) is 30.2 Å². The van der Waals surface area contributed by atoms with Crippen molar-refractivity contribution < 1.29 is 0 Å². The van der Waals surface area contributed by atoms with Gasteiger partial charge in [-0.25, -0.2) is 0 Å². The van der Waals surface area contributed by atoms with Gasteiger partial charge >= 0.3 is 0 Å². The molecule has 0 fully saturated rings. The Kier molecular flexibility index (Phi) is 5.04. The van der Waals surface area contributed by atoms with E-state index in [2.05, 4.69) is 28.6 Å². The number of nitrogens with zero attached hydrogens (tertiary/aromatic N) is 1. The zero-order valence-corrected chi connectivity index (χ0v) is 12.0. The molecule has 1 heterocycles. The lowest BCUT2D eigenvalue weighted by atomic mass is 10.1. The first kappa shape index (κ1) is 14.7. The van der Waals surface area contributed by atoms with Crippen molar-refractivity contribution in [3.63, 3.8) is 0 Å². The number of anilines is 1. The van der Waals surface area contributed by atoms with Crippen LogP contribution in [0.2, 0.25) is 0 Å². The minimum absolute atomic E-state index is 0.207. The van der Waals surface area contributed by atoms with E-state index in [1.807, 2.05) is 36.5 Å². The maximum atomic E-state index is 7.76. The minimum Gasteiger partial charge on any atom is -0.379 e. The van der Waals surface area contributed by atoms with Crippen LogP contribution < -0.4 is 10.6 Å². The molecule has 21 heavy (non-hydrogen) atoms. The van der Waals surface area contributed by atoms with Gasteiger partial charge < -0.3 is 10.6 Å². The summed E-state index contributed by atoms with van der Waals surface area (Å²) >= 11 is 0. The number of aromatic nitrogens is 1. The highest BCUT2D eigenvalue weighted by Gasteiger charge is 2.01. The number of nitrogens with one attached hydrogen (secondary N) is 4. The van der Waals surface area contributed by atoms with Crippen LogP contribution in [0.1, 0.15) is 23.7 Å². The van der Waals surface area contributed by atoms with Crippen LogP contribution in [0.25, 0.3) is 0 Å². The highest BCUT2D eigenvalue weighted by atomic mass is 14.9. The van der Waals surface area contributed by atoms with E-state index < -0.39 is 0 Å². The molecule has 2 rings (SSSR count). The number of hydrogen-bond donors (Lipinski definition) is 4. The van der Waals surface area contributed by atoms with Crippen molar-refractivity contribution in [1.82, 2.24) is 10.3 Å². The van der Waals surface area contributed by atoms with Crippen LogP contribution in [0.4, 0.5) is 5.69 Å². The Morgan fingerprint density at radius 1 is 1.29 bits per heavy atom. The average molecular weight is 281 g/mol. The fourth-order valence-corrected chi connectivity index (χ4v) is 1.90. The SMILES string of the molecule is CCc1ccc(CNc2cccc(C(=N)NC=N)c2)nc1. The van der Waals surface area contributed by atoms with Crippen LogP contribution in [0.5, 0.6) is 0 Å². The maximum Gasteiger partial charge on any atom is 0.130 e. The van der Waals surface area contributed by atoms with Crippen molar-refractivity contribution in [2.24, 2.45) is 0 Å². The zero-order chi connectivity index (χ0) is 15.1. The van der Waals surface area contributed by atoms with Crippen LogP contribution in [-0.2, 0) is 13.0 Å². The quantitative estimate of drug-likeness (QED) is 0.485. The first-order valence-electron chi connectivity index (χ1n) is 6.85. The van der Waals surface area contributed by atoms with E-state index in [4.69, 9.17) is 10.8 Å². The molecule has 0 aliphatic carbocycles. The summed E-state index contributed by atoms with van der Waals surface area (Å²) in [5, 5.41) is 20.6. The maximum absolute atomic E-state index is 7.76. The average Bonchev–Trinajstić information content (AvgIpc) is 2.54. The van der Waals surface area contributed by atoms with Gasteiger partial charge in [-0.15, -0.1) is 0 Å². The first-order chi connectivity index (χ1) is 10.2. The lowest BCUT2D eigenvalue weighted by molar-refractivity contribution is 1.01. The molecule has 0 amide bonds. The number of amidine groups is 1. The Morgan fingerprint density at radius 3 is 2.81 bits per heavy atom. The molecule has 1 aromatic carbocycles. The molecule has 5 nitrogen and oxygen atoms in total. The molecular weight excluding hydrogens is 262 g/mol. The van der Waals surface area contributed by atoms with E-state index in [1.54, 1.807) is 0 Å². The van der Waals surface area contributed by atoms with Gasteiger partial charge in [0.1, 0.15) is 5.84 Å². The summed E-state index contributed by atoms with van der Waals surface area (Å²) in [6, 6.07) is 11.6. The molecule has 1 aromatic heterocycles. The summed E-state index contributed by atoms with van der Waals surface area (Å²) in [7, 11) is 0. The normalized spacial score (nSPS) is 9.95. The predicted octanol–water partition coefficient (Wildman–Crippen LogP) is 2.78. The molecule has 4 N–H and O–H groups in total. The Bertz CT molecular complexity index is 619. The van der Waals surface area contributed by atoms with Crippen molar-refractivity contribution in [1.29, 1.82) is 10.8 Å². The Labute approximate surface area is 124 Å². The fourth-order valence-electron chi connectivity index (χ4n) is 1.90. The monoisotopic (exact) mass is 281 g/mol. The largest absolute Gasteiger partial charge is 0.379 e. The lowest BCUT2D eigenvalue weighted by Gasteiger charge is -2.09. The summed E-state index contributed by atoms with van der Waals surface area (Å²) in [5.74, 6) is 0.207. The molecule has 108 valence electrons. The number of rotatable bonds is 6. The predicted molar refractivity (Wildman–Crippen MR) is 86.1 cm³/mol. The molecule has 0 radical (unpaired) electrons. The summed E-state index contributed by atoms with van der Waals surface area (Å²) in [5.41, 5.74) is 3.86. The lowest BCUT2D eigenvalue weighted by Crippen LogP contribution is -2.20. The minimum atomic E-state index is 0.207. The van der Waals surface area contributed by atoms with Crippen molar-refractivity contribution in [3.05, 3.63) is 59.4 Å². The smallest absolute Gasteiger partial charge is 0.130 e. The van der Waals surface area contributed by atoms with E-state index in [1.165, 1.54) is 5.56 Å². The molecule has 0 bridgehead atoms. The van der Waals surface area contributed by atoms with Crippen LogP contribution in [0, 0.1) is 10.8 Å². The molecule has 0 saturated carbocycles. The second-order valence-corrected chi connectivity index (χ2v) is 4.61. The van der Waals surface area contributed by atoms with Gasteiger partial charge in [0.15, 0.2) is 0 Å². The van der Waals surface area contributed by atoms with Crippen molar-refractivity contribution in [2.45, 2.75) is 19.9 Å². The Balaban J connectivity index is 2.00. The Hall–Kier alpha value is -2.69. The van der Waals surface area contributed by atoms with Crippen LogP contribution >= 0.6 is 0 Å². The molecule has 0 spiro atoms. The third kappa shape index (κ3) is 4.14. The summed E-state index contributed by atoms with van der Waals surface area (Å²) in [4.78, 5) is 4.40. The summed E-state index contributed by atoms with van der Waals surface area (Å²) in [6.45, 7) is 2.75. The van der Waals surface area contributed by atoms with Crippen molar-refractivity contribution in [3.8, 4) is 0 Å². The Morgan fingerprint density at radius 2 is 2.14 bits per heavy atom. The molecular formula is C16H19N5. The van der Waals surface area contributed by atoms with E-state index in [0.29, 0.717) is 6.54 Å². The van der Waals surface area contributed by atoms with E-state index in [9.17, 15) is 0 Å². The molecule has 0 atom stereocenters. The van der Waals surface area contributed by atoms with Gasteiger partial charge in [0.05, 0.1) is 18.6 Å². The summed E-state index contributed by atoms with van der Waals surface area (Å²) in [6.07, 6.45) is 3.89. The van der Waals surface area contributed by atoms with E-state index >= 15 is 0 Å². The molecule has 0 aliphatic rings. The highest BCUT2D eigenvalue weighted by molar-refractivity contribution is 6.02. The highest BCUT2D eigenvalue weighted by Crippen LogP contribution is 2.12. The van der Waals surface area contributed by atoms with Crippen LogP contribution in [0.3, 0.4) is 0 Å². The van der Waals surface area contributed by atoms with Gasteiger partial charge in [-0.1, -0.05) is 25.1 Å². The molecule has 2 aromatic rings. The van der Waals surface area contributed by atoms with E-state index in [-0.39, 0.29) is 5.84 Å². The standard InChI is InChI=1S/C16H19N5/c1-2-12-6-7-15(19-9-12)10-20-14-5-3-4-13(8-14)16(18)21-11-17/h3-9,11,20H,2,10H2,1H3,(H3,17,18,21). The van der Waals surface area contributed by atoms with Crippen molar-refractivity contribution >= 4 is 17.9 Å². The molecule has 0 aliphatic heterocycles.